The number of hydrogen-bond acceptors (Lipinski definition) is 2. The van der Waals surface area contributed by atoms with Crippen LogP contribution in [0, 0.1) is 13.8 Å². The Labute approximate surface area is 128 Å². The molecule has 0 spiro atoms. The van der Waals surface area contributed by atoms with Crippen molar-refractivity contribution < 1.29 is 8.98 Å². The van der Waals surface area contributed by atoms with Gasteiger partial charge in [0.2, 0.25) is 11.4 Å². The molecule has 0 atom stereocenters. The average Bonchev–Trinajstić information content (AvgIpc) is 2.90. The van der Waals surface area contributed by atoms with E-state index in [-0.39, 0.29) is 0 Å². The highest BCUT2D eigenvalue weighted by molar-refractivity contribution is 6.07. The molecule has 3 heterocycles. The zero-order valence-corrected chi connectivity index (χ0v) is 12.9. The van der Waals surface area contributed by atoms with Gasteiger partial charge in [0.25, 0.3) is 0 Å². The number of para-hydroxylation sites is 1. The molecule has 3 aromatic heterocycles. The average molecular weight is 289 g/mol. The summed E-state index contributed by atoms with van der Waals surface area (Å²) in [5, 5.41) is 2.17. The maximum absolute atomic E-state index is 6.04. The Kier molecular flexibility index (Phi) is 2.76. The van der Waals surface area contributed by atoms with Gasteiger partial charge in [-0.3, -0.25) is 0 Å². The summed E-state index contributed by atoms with van der Waals surface area (Å²) in [5.41, 5.74) is 6.39. The van der Waals surface area contributed by atoms with Crippen LogP contribution in [0.1, 0.15) is 11.1 Å². The Morgan fingerprint density at radius 3 is 2.68 bits per heavy atom. The molecule has 4 rings (SSSR count). The van der Waals surface area contributed by atoms with Crippen LogP contribution in [-0.2, 0) is 7.05 Å². The molecule has 0 N–H and O–H groups in total. The number of benzene rings is 1. The van der Waals surface area contributed by atoms with Crippen molar-refractivity contribution in [2.75, 3.05) is 0 Å². The highest BCUT2D eigenvalue weighted by Crippen LogP contribution is 2.33. The molecule has 0 bridgehead atoms. The van der Waals surface area contributed by atoms with E-state index in [1.54, 1.807) is 6.20 Å². The number of aromatic nitrogens is 2. The predicted molar refractivity (Wildman–Crippen MR) is 87.6 cm³/mol. The van der Waals surface area contributed by atoms with Crippen LogP contribution >= 0.6 is 0 Å². The van der Waals surface area contributed by atoms with Crippen molar-refractivity contribution in [3.05, 3.63) is 59.9 Å². The standard InChI is InChI=1S/C19H17N2O/c1-12-10-17(21(3)11-13(12)2)16-7-4-6-14-15-8-5-9-20-19(15)22-18(14)16/h4-11H,1-3H3/q+1. The first kappa shape index (κ1) is 13.0. The second-order valence-electron chi connectivity index (χ2n) is 5.78. The third-order valence-corrected chi connectivity index (χ3v) is 4.29. The topological polar surface area (TPSA) is 29.9 Å². The molecule has 1 aromatic carbocycles. The van der Waals surface area contributed by atoms with E-state index in [1.807, 2.05) is 6.07 Å². The summed E-state index contributed by atoms with van der Waals surface area (Å²) < 4.78 is 8.19. The maximum atomic E-state index is 6.04. The Morgan fingerprint density at radius 2 is 1.82 bits per heavy atom. The fourth-order valence-electron chi connectivity index (χ4n) is 2.98. The molecule has 22 heavy (non-hydrogen) atoms. The number of fused-ring (bicyclic) bond motifs is 3. The highest BCUT2D eigenvalue weighted by Gasteiger charge is 2.18. The summed E-state index contributed by atoms with van der Waals surface area (Å²) in [7, 11) is 2.07. The summed E-state index contributed by atoms with van der Waals surface area (Å²) in [6.45, 7) is 4.27. The molecule has 4 aromatic rings. The Balaban J connectivity index is 2.09. The molecule has 0 fully saturated rings. The van der Waals surface area contributed by atoms with Crippen LogP contribution < -0.4 is 4.57 Å². The second kappa shape index (κ2) is 4.67. The number of hydrogen-bond donors (Lipinski definition) is 0. The van der Waals surface area contributed by atoms with Gasteiger partial charge < -0.3 is 4.42 Å². The predicted octanol–water partition coefficient (Wildman–Crippen LogP) is 4.09. The Hall–Kier alpha value is -2.68. The Morgan fingerprint density at radius 1 is 1.00 bits per heavy atom. The first-order valence-electron chi connectivity index (χ1n) is 7.38. The molecule has 0 aliphatic heterocycles. The Bertz CT molecular complexity index is 1010. The van der Waals surface area contributed by atoms with Crippen molar-refractivity contribution in [2.45, 2.75) is 13.8 Å². The van der Waals surface area contributed by atoms with E-state index in [1.165, 1.54) is 11.1 Å². The summed E-state index contributed by atoms with van der Waals surface area (Å²) >= 11 is 0. The lowest BCUT2D eigenvalue weighted by atomic mass is 10.0. The lowest BCUT2D eigenvalue weighted by Crippen LogP contribution is -2.31. The zero-order chi connectivity index (χ0) is 15.3. The third kappa shape index (κ3) is 1.82. The van der Waals surface area contributed by atoms with Crippen LogP contribution in [0.2, 0.25) is 0 Å². The van der Waals surface area contributed by atoms with Crippen molar-refractivity contribution in [1.82, 2.24) is 4.98 Å². The van der Waals surface area contributed by atoms with Gasteiger partial charge in [-0.1, -0.05) is 12.1 Å². The monoisotopic (exact) mass is 289 g/mol. The highest BCUT2D eigenvalue weighted by atomic mass is 16.3. The first-order chi connectivity index (χ1) is 10.6. The number of aryl methyl sites for hydroxylation is 3. The molecular formula is C19H17N2O+. The molecule has 0 aliphatic carbocycles. The second-order valence-corrected chi connectivity index (χ2v) is 5.78. The lowest BCUT2D eigenvalue weighted by molar-refractivity contribution is -0.660. The van der Waals surface area contributed by atoms with Crippen LogP contribution in [-0.4, -0.2) is 4.98 Å². The molecule has 0 radical (unpaired) electrons. The molecule has 0 unspecified atom stereocenters. The number of pyridine rings is 2. The van der Waals surface area contributed by atoms with Crippen molar-refractivity contribution in [2.24, 2.45) is 7.05 Å². The van der Waals surface area contributed by atoms with Crippen LogP contribution in [0.3, 0.4) is 0 Å². The van der Waals surface area contributed by atoms with Crippen molar-refractivity contribution in [1.29, 1.82) is 0 Å². The smallest absolute Gasteiger partial charge is 0.227 e. The molecular weight excluding hydrogens is 272 g/mol. The summed E-state index contributed by atoms with van der Waals surface area (Å²) in [5.74, 6) is 0. The van der Waals surface area contributed by atoms with Crippen molar-refractivity contribution >= 4 is 22.1 Å². The number of nitrogens with zero attached hydrogens (tertiary/aromatic N) is 2. The lowest BCUT2D eigenvalue weighted by Gasteiger charge is -2.04. The van der Waals surface area contributed by atoms with Crippen LogP contribution in [0.5, 0.6) is 0 Å². The molecule has 108 valence electrons. The molecule has 0 saturated heterocycles. The summed E-state index contributed by atoms with van der Waals surface area (Å²) in [6.07, 6.45) is 3.92. The normalized spacial score (nSPS) is 11.4. The van der Waals surface area contributed by atoms with Gasteiger partial charge in [0, 0.05) is 28.6 Å². The van der Waals surface area contributed by atoms with E-state index in [0.717, 1.165) is 27.6 Å². The molecule has 3 nitrogen and oxygen atoms in total. The van der Waals surface area contributed by atoms with Crippen molar-refractivity contribution in [3.8, 4) is 11.3 Å². The SMILES string of the molecule is Cc1cc(-c2cccc3c2oc2ncccc23)[n+](C)cc1C. The first-order valence-corrected chi connectivity index (χ1v) is 7.38. The van der Waals surface area contributed by atoms with E-state index >= 15 is 0 Å². The minimum atomic E-state index is 0.691. The van der Waals surface area contributed by atoms with Gasteiger partial charge in [0.1, 0.15) is 7.05 Å². The van der Waals surface area contributed by atoms with Crippen molar-refractivity contribution in [3.63, 3.8) is 0 Å². The van der Waals surface area contributed by atoms with Gasteiger partial charge in [-0.05, 0) is 37.6 Å². The van der Waals surface area contributed by atoms with Gasteiger partial charge >= 0.3 is 0 Å². The molecule has 0 saturated carbocycles. The van der Waals surface area contributed by atoms with Gasteiger partial charge in [-0.2, -0.15) is 0 Å². The minimum absolute atomic E-state index is 0.691. The maximum Gasteiger partial charge on any atom is 0.227 e. The van der Waals surface area contributed by atoms with Gasteiger partial charge in [-0.15, -0.1) is 0 Å². The van der Waals surface area contributed by atoms with E-state index in [9.17, 15) is 0 Å². The van der Waals surface area contributed by atoms with E-state index in [4.69, 9.17) is 4.42 Å². The van der Waals surface area contributed by atoms with Gasteiger partial charge in [-0.25, -0.2) is 9.55 Å². The minimum Gasteiger partial charge on any atom is -0.437 e. The van der Waals surface area contributed by atoms with Crippen LogP contribution in [0.4, 0.5) is 0 Å². The van der Waals surface area contributed by atoms with Gasteiger partial charge in [0.05, 0.1) is 5.56 Å². The third-order valence-electron chi connectivity index (χ3n) is 4.29. The van der Waals surface area contributed by atoms with E-state index < -0.39 is 0 Å². The summed E-state index contributed by atoms with van der Waals surface area (Å²) in [4.78, 5) is 4.33. The van der Waals surface area contributed by atoms with Gasteiger partial charge in [0.15, 0.2) is 11.8 Å². The summed E-state index contributed by atoms with van der Waals surface area (Å²) in [6, 6.07) is 12.5. The fourth-order valence-corrected chi connectivity index (χ4v) is 2.98. The fraction of sp³-hybridized carbons (Fsp3) is 0.158. The molecule has 0 aliphatic rings. The number of rotatable bonds is 1. The quantitative estimate of drug-likeness (QED) is 0.494. The zero-order valence-electron chi connectivity index (χ0n) is 12.9. The largest absolute Gasteiger partial charge is 0.437 e. The van der Waals surface area contributed by atoms with Crippen LogP contribution in [0.15, 0.2) is 53.2 Å². The van der Waals surface area contributed by atoms with Crippen LogP contribution in [0.25, 0.3) is 33.3 Å². The molecule has 3 heteroatoms. The molecule has 0 amide bonds. The van der Waals surface area contributed by atoms with E-state index in [0.29, 0.717) is 5.71 Å². The number of furan rings is 1. The van der Waals surface area contributed by atoms with E-state index in [2.05, 4.69) is 67.0 Å².